The molecular formula is C29H35FN4O3. The molecule has 4 rings (SSSR count). The zero-order valence-corrected chi connectivity index (χ0v) is 21.8. The van der Waals surface area contributed by atoms with Crippen LogP contribution in [0.3, 0.4) is 0 Å². The Labute approximate surface area is 217 Å². The lowest BCUT2D eigenvalue weighted by Gasteiger charge is -2.33. The standard InChI is InChI=1S/C29H35FN4O3/c1-5-11-29(19-31,21-16-25(35-2)28(37-4)26(17-21)36-3)12-6-13-34-14-9-20(10-15-34)27-23-8-7-22(30)18-24(23)32-33-27/h5,7-8,16-18,20H,1,6,9-15H2,2-4H3,(H,32,33). The molecule has 1 aliphatic heterocycles. The van der Waals surface area contributed by atoms with E-state index in [4.69, 9.17) is 14.2 Å². The van der Waals surface area contributed by atoms with Crippen LogP contribution in [0.15, 0.2) is 43.0 Å². The fraction of sp³-hybridized carbons (Fsp3) is 0.448. The van der Waals surface area contributed by atoms with Crippen molar-refractivity contribution in [1.82, 2.24) is 15.1 Å². The summed E-state index contributed by atoms with van der Waals surface area (Å²) in [6.07, 6.45) is 5.91. The Bertz CT molecular complexity index is 1250. The number of aromatic amines is 1. The Kier molecular flexibility index (Phi) is 8.34. The highest BCUT2D eigenvalue weighted by atomic mass is 19.1. The summed E-state index contributed by atoms with van der Waals surface area (Å²) >= 11 is 0. The number of methoxy groups -OCH3 is 3. The lowest BCUT2D eigenvalue weighted by Crippen LogP contribution is -2.35. The molecule has 0 radical (unpaired) electrons. The van der Waals surface area contributed by atoms with E-state index in [1.165, 1.54) is 12.1 Å². The molecule has 37 heavy (non-hydrogen) atoms. The van der Waals surface area contributed by atoms with Gasteiger partial charge in [0.05, 0.1) is 38.3 Å². The first kappa shape index (κ1) is 26.5. The van der Waals surface area contributed by atoms with Gasteiger partial charge in [0, 0.05) is 23.1 Å². The number of halogens is 1. The highest BCUT2D eigenvalue weighted by molar-refractivity contribution is 5.81. The van der Waals surface area contributed by atoms with E-state index in [0.29, 0.717) is 41.5 Å². The topological polar surface area (TPSA) is 83.4 Å². The van der Waals surface area contributed by atoms with Gasteiger partial charge in [-0.1, -0.05) is 6.08 Å². The molecular weight excluding hydrogens is 471 g/mol. The molecule has 1 aliphatic rings. The molecule has 1 saturated heterocycles. The van der Waals surface area contributed by atoms with Crippen molar-refractivity contribution in [3.05, 3.63) is 60.1 Å². The second-order valence-electron chi connectivity index (χ2n) is 9.62. The smallest absolute Gasteiger partial charge is 0.203 e. The van der Waals surface area contributed by atoms with Crippen LogP contribution in [0.1, 0.15) is 49.3 Å². The Morgan fingerprint density at radius 1 is 1.16 bits per heavy atom. The summed E-state index contributed by atoms with van der Waals surface area (Å²) in [6, 6.07) is 11.1. The van der Waals surface area contributed by atoms with Gasteiger partial charge >= 0.3 is 0 Å². The van der Waals surface area contributed by atoms with Crippen LogP contribution in [0.25, 0.3) is 10.9 Å². The Hall–Kier alpha value is -3.57. The van der Waals surface area contributed by atoms with E-state index >= 15 is 0 Å². The summed E-state index contributed by atoms with van der Waals surface area (Å²) in [5, 5.41) is 18.8. The van der Waals surface area contributed by atoms with Crippen molar-refractivity contribution in [3.63, 3.8) is 0 Å². The number of H-pyrrole nitrogens is 1. The maximum absolute atomic E-state index is 13.5. The van der Waals surface area contributed by atoms with Crippen LogP contribution >= 0.6 is 0 Å². The number of nitrogens with one attached hydrogen (secondary N) is 1. The molecule has 1 fully saturated rings. The number of rotatable bonds is 11. The van der Waals surface area contributed by atoms with E-state index in [1.807, 2.05) is 18.2 Å². The lowest BCUT2D eigenvalue weighted by molar-refractivity contribution is 0.204. The molecule has 0 aliphatic carbocycles. The maximum atomic E-state index is 13.5. The fourth-order valence-corrected chi connectivity index (χ4v) is 5.50. The molecule has 0 saturated carbocycles. The van der Waals surface area contributed by atoms with E-state index in [9.17, 15) is 9.65 Å². The number of nitrogens with zero attached hydrogens (tertiary/aromatic N) is 3. The van der Waals surface area contributed by atoms with Gasteiger partial charge in [0.1, 0.15) is 5.82 Å². The average Bonchev–Trinajstić information content (AvgIpc) is 3.35. The Morgan fingerprint density at radius 2 is 1.86 bits per heavy atom. The van der Waals surface area contributed by atoms with Crippen LogP contribution in [0, 0.1) is 17.1 Å². The summed E-state index contributed by atoms with van der Waals surface area (Å²) in [5.41, 5.74) is 1.88. The molecule has 3 aromatic rings. The average molecular weight is 507 g/mol. The number of fused-ring (bicyclic) bond motifs is 1. The fourth-order valence-electron chi connectivity index (χ4n) is 5.50. The van der Waals surface area contributed by atoms with Crippen molar-refractivity contribution in [1.29, 1.82) is 5.26 Å². The van der Waals surface area contributed by atoms with Crippen LogP contribution in [-0.2, 0) is 5.41 Å². The van der Waals surface area contributed by atoms with Gasteiger partial charge in [-0.05, 0) is 81.6 Å². The molecule has 1 atom stereocenters. The van der Waals surface area contributed by atoms with Gasteiger partial charge in [-0.15, -0.1) is 6.58 Å². The zero-order chi connectivity index (χ0) is 26.4. The van der Waals surface area contributed by atoms with Crippen molar-refractivity contribution in [2.75, 3.05) is 41.0 Å². The largest absolute Gasteiger partial charge is 0.493 e. The monoisotopic (exact) mass is 506 g/mol. The summed E-state index contributed by atoms with van der Waals surface area (Å²) in [6.45, 7) is 6.77. The molecule has 7 nitrogen and oxygen atoms in total. The van der Waals surface area contributed by atoms with Crippen molar-refractivity contribution in [2.24, 2.45) is 0 Å². The number of allylic oxidation sites excluding steroid dienone is 1. The van der Waals surface area contributed by atoms with Gasteiger partial charge in [-0.3, -0.25) is 5.10 Å². The number of hydrogen-bond acceptors (Lipinski definition) is 6. The van der Waals surface area contributed by atoms with Gasteiger partial charge in [0.15, 0.2) is 11.5 Å². The predicted molar refractivity (Wildman–Crippen MR) is 142 cm³/mol. The quantitative estimate of drug-likeness (QED) is 0.335. The molecule has 1 unspecified atom stereocenters. The SMILES string of the molecule is C=CCC(C#N)(CCCN1CCC(c2[nH]nc3cc(F)ccc23)CC1)c1cc(OC)c(OC)c(OC)c1. The Balaban J connectivity index is 1.41. The molecule has 0 spiro atoms. The summed E-state index contributed by atoms with van der Waals surface area (Å²) in [7, 11) is 4.73. The van der Waals surface area contributed by atoms with Crippen LogP contribution in [0.4, 0.5) is 4.39 Å². The van der Waals surface area contributed by atoms with Crippen LogP contribution < -0.4 is 14.2 Å². The van der Waals surface area contributed by atoms with Crippen molar-refractivity contribution < 1.29 is 18.6 Å². The molecule has 196 valence electrons. The number of piperidine rings is 1. The summed E-state index contributed by atoms with van der Waals surface area (Å²) in [5.74, 6) is 1.70. The summed E-state index contributed by atoms with van der Waals surface area (Å²) < 4.78 is 30.1. The minimum Gasteiger partial charge on any atom is -0.493 e. The van der Waals surface area contributed by atoms with Gasteiger partial charge in [-0.25, -0.2) is 4.39 Å². The first-order valence-corrected chi connectivity index (χ1v) is 12.7. The normalized spacial score (nSPS) is 16.2. The van der Waals surface area contributed by atoms with E-state index in [2.05, 4.69) is 27.7 Å². The highest BCUT2D eigenvalue weighted by Gasteiger charge is 2.33. The van der Waals surface area contributed by atoms with E-state index in [0.717, 1.165) is 55.5 Å². The molecule has 1 N–H and O–H groups in total. The van der Waals surface area contributed by atoms with Crippen LogP contribution in [0.2, 0.25) is 0 Å². The van der Waals surface area contributed by atoms with E-state index < -0.39 is 5.41 Å². The minimum atomic E-state index is -0.739. The highest BCUT2D eigenvalue weighted by Crippen LogP contribution is 2.44. The third kappa shape index (κ3) is 5.42. The van der Waals surface area contributed by atoms with Gasteiger partial charge < -0.3 is 19.1 Å². The van der Waals surface area contributed by atoms with Crippen LogP contribution in [-0.4, -0.2) is 56.1 Å². The molecule has 2 aromatic carbocycles. The summed E-state index contributed by atoms with van der Waals surface area (Å²) in [4.78, 5) is 2.46. The number of ether oxygens (including phenoxy) is 3. The molecule has 2 heterocycles. The minimum absolute atomic E-state index is 0.267. The van der Waals surface area contributed by atoms with Crippen molar-refractivity contribution in [3.8, 4) is 23.3 Å². The lowest BCUT2D eigenvalue weighted by atomic mass is 9.75. The van der Waals surface area contributed by atoms with Gasteiger partial charge in [0.25, 0.3) is 0 Å². The predicted octanol–water partition coefficient (Wildman–Crippen LogP) is 5.73. The first-order valence-electron chi connectivity index (χ1n) is 12.7. The number of aromatic nitrogens is 2. The number of benzene rings is 2. The molecule has 1 aromatic heterocycles. The van der Waals surface area contributed by atoms with E-state index in [1.54, 1.807) is 27.4 Å². The van der Waals surface area contributed by atoms with Crippen LogP contribution in [0.5, 0.6) is 17.2 Å². The second-order valence-corrected chi connectivity index (χ2v) is 9.62. The first-order chi connectivity index (χ1) is 18.0. The maximum Gasteiger partial charge on any atom is 0.203 e. The zero-order valence-electron chi connectivity index (χ0n) is 21.8. The Morgan fingerprint density at radius 3 is 2.46 bits per heavy atom. The second kappa shape index (κ2) is 11.7. The van der Waals surface area contributed by atoms with Gasteiger partial charge in [-0.2, -0.15) is 10.4 Å². The third-order valence-electron chi connectivity index (χ3n) is 7.54. The van der Waals surface area contributed by atoms with Crippen molar-refractivity contribution >= 4 is 10.9 Å². The van der Waals surface area contributed by atoms with Gasteiger partial charge in [0.2, 0.25) is 5.75 Å². The third-order valence-corrected chi connectivity index (χ3v) is 7.54. The number of nitriles is 1. The number of hydrogen-bond donors (Lipinski definition) is 1. The molecule has 0 amide bonds. The van der Waals surface area contributed by atoms with Crippen molar-refractivity contribution in [2.45, 2.75) is 43.4 Å². The number of likely N-dealkylation sites (tertiary alicyclic amines) is 1. The molecule has 8 heteroatoms. The van der Waals surface area contributed by atoms with E-state index in [-0.39, 0.29) is 5.82 Å². The molecule has 0 bridgehead atoms.